The molecule has 0 radical (unpaired) electrons. The fourth-order valence-electron chi connectivity index (χ4n) is 2.76. The summed E-state index contributed by atoms with van der Waals surface area (Å²) in [5, 5.41) is 5.53. The molecular formula is C19H14ClF3N6O. The highest BCUT2D eigenvalue weighted by Gasteiger charge is 2.34. The molecule has 0 spiro atoms. The fourth-order valence-corrected chi connectivity index (χ4v) is 2.99. The molecule has 3 aromatic rings. The number of nitrogens with zero attached hydrogens (tertiary/aromatic N) is 5. The third-order valence-corrected chi connectivity index (χ3v) is 4.56. The van der Waals surface area contributed by atoms with Crippen LogP contribution in [0.5, 0.6) is 5.75 Å². The minimum absolute atomic E-state index is 0.0291. The number of benzene rings is 1. The zero-order valence-electron chi connectivity index (χ0n) is 15.2. The second kappa shape index (κ2) is 8.25. The molecule has 1 aromatic carbocycles. The molecule has 2 aromatic heterocycles. The van der Waals surface area contributed by atoms with E-state index in [0.717, 1.165) is 11.8 Å². The molecule has 1 N–H and O–H groups in total. The Labute approximate surface area is 174 Å². The van der Waals surface area contributed by atoms with Gasteiger partial charge in [0, 0.05) is 16.8 Å². The Bertz CT molecular complexity index is 1050. The van der Waals surface area contributed by atoms with Gasteiger partial charge in [-0.15, -0.1) is 0 Å². The lowest BCUT2D eigenvalue weighted by molar-refractivity contribution is -0.138. The molecule has 1 unspecified atom stereocenters. The zero-order valence-corrected chi connectivity index (χ0v) is 16.0. The molecule has 0 fully saturated rings. The second-order valence-electron chi connectivity index (χ2n) is 6.21. The predicted molar refractivity (Wildman–Crippen MR) is 104 cm³/mol. The summed E-state index contributed by atoms with van der Waals surface area (Å²) in [6.07, 6.45) is 1.49. The van der Waals surface area contributed by atoms with Crippen molar-refractivity contribution >= 4 is 23.8 Å². The van der Waals surface area contributed by atoms with Crippen molar-refractivity contribution < 1.29 is 17.9 Å². The van der Waals surface area contributed by atoms with Gasteiger partial charge in [0.15, 0.2) is 5.75 Å². The lowest BCUT2D eigenvalue weighted by Crippen LogP contribution is -2.32. The largest absolute Gasteiger partial charge is 0.486 e. The van der Waals surface area contributed by atoms with E-state index in [1.165, 1.54) is 29.6 Å². The highest BCUT2D eigenvalue weighted by molar-refractivity contribution is 6.31. The summed E-state index contributed by atoms with van der Waals surface area (Å²) < 4.78 is 44.9. The number of hydrogen-bond acceptors (Lipinski definition) is 7. The van der Waals surface area contributed by atoms with Crippen molar-refractivity contribution in [2.45, 2.75) is 18.8 Å². The Morgan fingerprint density at radius 2 is 1.87 bits per heavy atom. The second-order valence-corrected chi connectivity index (χ2v) is 6.62. The lowest BCUT2D eigenvalue weighted by atomic mass is 10.1. The summed E-state index contributed by atoms with van der Waals surface area (Å²) in [5.74, 6) is 0.432. The number of hydrazine groups is 1. The van der Waals surface area contributed by atoms with Crippen LogP contribution in [-0.4, -0.2) is 21.2 Å². The number of hydrazone groups is 1. The van der Waals surface area contributed by atoms with Gasteiger partial charge in [0.25, 0.3) is 5.95 Å². The van der Waals surface area contributed by atoms with Crippen molar-refractivity contribution in [3.63, 3.8) is 0 Å². The van der Waals surface area contributed by atoms with Crippen LogP contribution in [-0.2, 0) is 12.8 Å². The molecule has 1 aliphatic heterocycles. The van der Waals surface area contributed by atoms with E-state index in [0.29, 0.717) is 0 Å². The number of alkyl halides is 3. The van der Waals surface area contributed by atoms with E-state index in [2.05, 4.69) is 25.5 Å². The molecule has 30 heavy (non-hydrogen) atoms. The Morgan fingerprint density at radius 1 is 1.07 bits per heavy atom. The van der Waals surface area contributed by atoms with E-state index in [1.54, 1.807) is 12.4 Å². The van der Waals surface area contributed by atoms with Crippen LogP contribution in [0.25, 0.3) is 0 Å². The lowest BCUT2D eigenvalue weighted by Gasteiger charge is -2.16. The van der Waals surface area contributed by atoms with Gasteiger partial charge in [-0.3, -0.25) is 4.98 Å². The van der Waals surface area contributed by atoms with E-state index in [1.807, 2.05) is 18.2 Å². The van der Waals surface area contributed by atoms with Gasteiger partial charge in [-0.1, -0.05) is 23.7 Å². The topological polar surface area (TPSA) is 75.5 Å². The summed E-state index contributed by atoms with van der Waals surface area (Å²) in [4.78, 5) is 12.5. The normalized spacial score (nSPS) is 16.1. The van der Waals surface area contributed by atoms with Crippen LogP contribution in [0.1, 0.15) is 22.9 Å². The first-order valence-electron chi connectivity index (χ1n) is 8.72. The molecule has 3 heterocycles. The van der Waals surface area contributed by atoms with Crippen molar-refractivity contribution in [3.8, 4) is 5.75 Å². The third kappa shape index (κ3) is 4.34. The molecule has 4 rings (SSSR count). The van der Waals surface area contributed by atoms with Gasteiger partial charge in [0.2, 0.25) is 0 Å². The van der Waals surface area contributed by atoms with Crippen LogP contribution in [0.15, 0.2) is 60.1 Å². The van der Waals surface area contributed by atoms with Crippen molar-refractivity contribution in [1.29, 1.82) is 0 Å². The molecule has 0 saturated carbocycles. The van der Waals surface area contributed by atoms with E-state index in [-0.39, 0.29) is 34.9 Å². The van der Waals surface area contributed by atoms with Crippen molar-refractivity contribution in [3.05, 3.63) is 76.8 Å². The van der Waals surface area contributed by atoms with Crippen LogP contribution in [0.2, 0.25) is 5.02 Å². The number of rotatable bonds is 5. The first kappa shape index (κ1) is 20.0. The number of ether oxygens (including phenoxy) is 1. The summed E-state index contributed by atoms with van der Waals surface area (Å²) in [7, 11) is 0. The smallest absolute Gasteiger partial charge is 0.416 e. The Kier molecular flexibility index (Phi) is 5.51. The predicted octanol–water partition coefficient (Wildman–Crippen LogP) is 4.17. The van der Waals surface area contributed by atoms with Crippen molar-refractivity contribution in [2.75, 3.05) is 5.12 Å². The average Bonchev–Trinajstić information content (AvgIpc) is 3.23. The molecule has 0 aliphatic carbocycles. The molecule has 1 atom stereocenters. The van der Waals surface area contributed by atoms with Gasteiger partial charge in [0.05, 0.1) is 29.9 Å². The Balaban J connectivity index is 1.42. The standard InChI is InChI=1S/C19H14ClF3N6O/c20-15-5-3-4-14(19(21,22)23)13(15)11-30-12-8-25-18(26-9-12)29-27-10-17(28-29)16-6-1-2-7-24-16/h1-10,17,28H,11H2. The number of nitrogens with one attached hydrogen (secondary N) is 1. The summed E-state index contributed by atoms with van der Waals surface area (Å²) in [6.45, 7) is -0.376. The molecule has 0 bridgehead atoms. The van der Waals surface area contributed by atoms with E-state index in [9.17, 15) is 13.2 Å². The number of halogens is 4. The minimum Gasteiger partial charge on any atom is -0.486 e. The molecule has 7 nitrogen and oxygen atoms in total. The van der Waals surface area contributed by atoms with Crippen LogP contribution < -0.4 is 15.3 Å². The molecule has 1 aliphatic rings. The van der Waals surface area contributed by atoms with Crippen LogP contribution in [0.4, 0.5) is 19.1 Å². The average molecular weight is 435 g/mol. The van der Waals surface area contributed by atoms with Crippen LogP contribution in [0, 0.1) is 0 Å². The monoisotopic (exact) mass is 434 g/mol. The van der Waals surface area contributed by atoms with Crippen LogP contribution in [0.3, 0.4) is 0 Å². The van der Waals surface area contributed by atoms with Crippen LogP contribution >= 0.6 is 11.6 Å². The maximum Gasteiger partial charge on any atom is 0.416 e. The fraction of sp³-hybridized carbons (Fsp3) is 0.158. The summed E-state index contributed by atoms with van der Waals surface area (Å²) in [5.41, 5.74) is 2.86. The number of anilines is 1. The summed E-state index contributed by atoms with van der Waals surface area (Å²) >= 11 is 5.93. The van der Waals surface area contributed by atoms with Gasteiger partial charge >= 0.3 is 6.18 Å². The van der Waals surface area contributed by atoms with Gasteiger partial charge < -0.3 is 4.74 Å². The highest BCUT2D eigenvalue weighted by atomic mass is 35.5. The maximum absolute atomic E-state index is 13.2. The minimum atomic E-state index is -4.53. The van der Waals surface area contributed by atoms with Gasteiger partial charge in [-0.05, 0) is 24.3 Å². The number of hydrogen-bond donors (Lipinski definition) is 1. The molecule has 11 heteroatoms. The van der Waals surface area contributed by atoms with E-state index < -0.39 is 11.7 Å². The van der Waals surface area contributed by atoms with E-state index >= 15 is 0 Å². The van der Waals surface area contributed by atoms with Gasteiger partial charge in [-0.2, -0.15) is 28.8 Å². The molecular weight excluding hydrogens is 421 g/mol. The Hall–Kier alpha value is -3.24. The molecule has 0 amide bonds. The van der Waals surface area contributed by atoms with Gasteiger partial charge in [-0.25, -0.2) is 9.97 Å². The highest BCUT2D eigenvalue weighted by Crippen LogP contribution is 2.35. The Morgan fingerprint density at radius 3 is 2.57 bits per heavy atom. The quantitative estimate of drug-likeness (QED) is 0.649. The third-order valence-electron chi connectivity index (χ3n) is 4.21. The first-order chi connectivity index (χ1) is 14.4. The number of pyridine rings is 1. The number of aromatic nitrogens is 3. The van der Waals surface area contributed by atoms with E-state index in [4.69, 9.17) is 16.3 Å². The van der Waals surface area contributed by atoms with Gasteiger partial charge in [0.1, 0.15) is 12.6 Å². The van der Waals surface area contributed by atoms with Crippen molar-refractivity contribution in [2.24, 2.45) is 5.10 Å². The molecule has 0 saturated heterocycles. The SMILES string of the molecule is FC(F)(F)c1cccc(Cl)c1COc1cnc(N2N=CC(c3ccccn3)N2)nc1. The maximum atomic E-state index is 13.2. The van der Waals surface area contributed by atoms with Crippen molar-refractivity contribution in [1.82, 2.24) is 20.4 Å². The zero-order chi connectivity index (χ0) is 21.1. The first-order valence-corrected chi connectivity index (χ1v) is 9.10. The molecule has 154 valence electrons. The summed E-state index contributed by atoms with van der Waals surface area (Å²) in [6, 6.07) is 8.89.